The molecule has 0 radical (unpaired) electrons. The summed E-state index contributed by atoms with van der Waals surface area (Å²) < 4.78 is 0. The number of rotatable bonds is 2. The fraction of sp³-hybridized carbons (Fsp3) is 0.500. The van der Waals surface area contributed by atoms with Crippen molar-refractivity contribution in [2.24, 2.45) is 0 Å². The second-order valence-electron chi connectivity index (χ2n) is 6.86. The Labute approximate surface area is 152 Å². The molecule has 1 aliphatic carbocycles. The topological polar surface area (TPSA) is 73.9 Å². The molecule has 2 N–H and O–H groups in total. The van der Waals surface area contributed by atoms with Crippen LogP contribution in [0.2, 0.25) is 5.02 Å². The summed E-state index contributed by atoms with van der Waals surface area (Å²) in [5.41, 5.74) is 2.25. The first-order chi connectivity index (χ1) is 12.2. The van der Waals surface area contributed by atoms with Crippen LogP contribution in [-0.2, 0) is 13.0 Å². The van der Waals surface area contributed by atoms with E-state index in [4.69, 9.17) is 11.6 Å². The third-order valence-electron chi connectivity index (χ3n) is 5.21. The van der Waals surface area contributed by atoms with Crippen LogP contribution < -0.4 is 5.32 Å². The lowest BCUT2D eigenvalue weighted by Crippen LogP contribution is -2.39. The van der Waals surface area contributed by atoms with Gasteiger partial charge in [0.1, 0.15) is 5.82 Å². The van der Waals surface area contributed by atoms with Crippen LogP contribution in [0.3, 0.4) is 0 Å². The average molecular weight is 360 g/mol. The van der Waals surface area contributed by atoms with Crippen molar-refractivity contribution < 1.29 is 4.79 Å². The van der Waals surface area contributed by atoms with Crippen molar-refractivity contribution >= 4 is 23.6 Å². The normalized spacial score (nSPS) is 18.0. The van der Waals surface area contributed by atoms with E-state index in [1.54, 1.807) is 4.90 Å². The van der Waals surface area contributed by atoms with Crippen LogP contribution in [0, 0.1) is 0 Å². The van der Waals surface area contributed by atoms with Crippen molar-refractivity contribution in [3.63, 3.8) is 0 Å². The molecular weight excluding hydrogens is 338 g/mol. The fourth-order valence-corrected chi connectivity index (χ4v) is 4.09. The molecule has 6 nitrogen and oxygen atoms in total. The number of aromatic amines is 1. The molecule has 1 aromatic heterocycles. The van der Waals surface area contributed by atoms with E-state index < -0.39 is 0 Å². The number of nitrogens with zero attached hydrogens (tertiary/aromatic N) is 3. The fourth-order valence-electron chi connectivity index (χ4n) is 3.80. The number of halogens is 1. The largest absolute Gasteiger partial charge is 0.324 e. The van der Waals surface area contributed by atoms with Crippen molar-refractivity contribution in [2.75, 3.05) is 11.9 Å². The van der Waals surface area contributed by atoms with Crippen molar-refractivity contribution in [3.8, 4) is 0 Å². The molecule has 0 saturated heterocycles. The molecule has 0 bridgehead atoms. The molecule has 0 atom stereocenters. The molecule has 132 valence electrons. The Morgan fingerprint density at radius 2 is 2.12 bits per heavy atom. The molecule has 1 aliphatic heterocycles. The molecule has 0 spiro atoms. The van der Waals surface area contributed by atoms with Crippen LogP contribution in [-0.4, -0.2) is 32.7 Å². The third kappa shape index (κ3) is 3.49. The highest BCUT2D eigenvalue weighted by Crippen LogP contribution is 2.31. The van der Waals surface area contributed by atoms with E-state index in [-0.39, 0.29) is 6.03 Å². The summed E-state index contributed by atoms with van der Waals surface area (Å²) in [4.78, 5) is 18.8. The van der Waals surface area contributed by atoms with Crippen molar-refractivity contribution in [1.82, 2.24) is 20.1 Å². The number of aromatic nitrogens is 3. The van der Waals surface area contributed by atoms with Gasteiger partial charge in [-0.3, -0.25) is 10.4 Å². The van der Waals surface area contributed by atoms with E-state index in [9.17, 15) is 4.79 Å². The maximum absolute atomic E-state index is 12.5. The summed E-state index contributed by atoms with van der Waals surface area (Å²) in [5, 5.41) is 10.8. The first kappa shape index (κ1) is 16.4. The lowest BCUT2D eigenvalue weighted by atomic mass is 9.89. The van der Waals surface area contributed by atoms with Gasteiger partial charge in [-0.1, -0.05) is 43.0 Å². The maximum atomic E-state index is 12.5. The predicted molar refractivity (Wildman–Crippen MR) is 96.8 cm³/mol. The van der Waals surface area contributed by atoms with Crippen LogP contribution in [0.15, 0.2) is 18.2 Å². The number of anilines is 1. The average Bonchev–Trinajstić information content (AvgIpc) is 3.11. The van der Waals surface area contributed by atoms with Gasteiger partial charge in [0.25, 0.3) is 0 Å². The molecule has 2 amide bonds. The first-order valence-corrected chi connectivity index (χ1v) is 9.33. The van der Waals surface area contributed by atoms with Gasteiger partial charge in [0, 0.05) is 24.0 Å². The summed E-state index contributed by atoms with van der Waals surface area (Å²) in [7, 11) is 0. The molecule has 2 heterocycles. The standard InChI is InChI=1S/C18H22ClN5O/c19-15-8-4-7-13-11-24(10-9-14(13)15)18(25)21-17-20-16(22-23-17)12-5-2-1-3-6-12/h4,7-8,12H,1-3,5-6,9-11H2,(H2,20,21,22,23,25). The van der Waals surface area contributed by atoms with Gasteiger partial charge < -0.3 is 4.90 Å². The van der Waals surface area contributed by atoms with Crippen LogP contribution in [0.5, 0.6) is 0 Å². The molecule has 1 aromatic carbocycles. The zero-order chi connectivity index (χ0) is 17.2. The van der Waals surface area contributed by atoms with Crippen LogP contribution in [0.1, 0.15) is 55.0 Å². The van der Waals surface area contributed by atoms with E-state index in [1.807, 2.05) is 18.2 Å². The summed E-state index contributed by atoms with van der Waals surface area (Å²) >= 11 is 6.23. The number of carbonyl (C=O) groups is 1. The Morgan fingerprint density at radius 1 is 1.28 bits per heavy atom. The minimum atomic E-state index is -0.167. The lowest BCUT2D eigenvalue weighted by Gasteiger charge is -2.29. The highest BCUT2D eigenvalue weighted by molar-refractivity contribution is 6.31. The van der Waals surface area contributed by atoms with E-state index >= 15 is 0 Å². The number of urea groups is 1. The Kier molecular flexibility index (Phi) is 4.61. The monoisotopic (exact) mass is 359 g/mol. The lowest BCUT2D eigenvalue weighted by molar-refractivity contribution is 0.206. The van der Waals surface area contributed by atoms with E-state index in [0.29, 0.717) is 25.0 Å². The highest BCUT2D eigenvalue weighted by atomic mass is 35.5. The second-order valence-corrected chi connectivity index (χ2v) is 7.27. The third-order valence-corrected chi connectivity index (χ3v) is 5.56. The summed E-state index contributed by atoms with van der Waals surface area (Å²) in [6.45, 7) is 1.20. The van der Waals surface area contributed by atoms with Crippen molar-refractivity contribution in [1.29, 1.82) is 0 Å². The molecule has 2 aliphatic rings. The number of amides is 2. The number of hydrogen-bond acceptors (Lipinski definition) is 3. The van der Waals surface area contributed by atoms with Crippen molar-refractivity contribution in [2.45, 2.75) is 51.0 Å². The first-order valence-electron chi connectivity index (χ1n) is 8.95. The number of fused-ring (bicyclic) bond motifs is 1. The summed E-state index contributed by atoms with van der Waals surface area (Å²) in [6, 6.07) is 5.68. The van der Waals surface area contributed by atoms with E-state index in [0.717, 1.165) is 41.2 Å². The number of benzene rings is 1. The molecule has 4 rings (SSSR count). The second kappa shape index (κ2) is 7.04. The van der Waals surface area contributed by atoms with Crippen LogP contribution in [0.25, 0.3) is 0 Å². The molecule has 0 unspecified atom stereocenters. The molecule has 25 heavy (non-hydrogen) atoms. The highest BCUT2D eigenvalue weighted by Gasteiger charge is 2.24. The SMILES string of the molecule is O=C(Nc1n[nH]c(C2CCCCC2)n1)N1CCc2c(Cl)cccc2C1. The van der Waals surface area contributed by atoms with Gasteiger partial charge >= 0.3 is 6.03 Å². The van der Waals surface area contributed by atoms with Gasteiger partial charge in [-0.15, -0.1) is 5.10 Å². The summed E-state index contributed by atoms with van der Waals surface area (Å²) in [5.74, 6) is 1.70. The van der Waals surface area contributed by atoms with Crippen molar-refractivity contribution in [3.05, 3.63) is 40.2 Å². The van der Waals surface area contributed by atoms with E-state index in [1.165, 1.54) is 19.3 Å². The Bertz CT molecular complexity index is 769. The minimum Gasteiger partial charge on any atom is -0.320 e. The van der Waals surface area contributed by atoms with E-state index in [2.05, 4.69) is 20.5 Å². The minimum absolute atomic E-state index is 0.167. The smallest absolute Gasteiger partial charge is 0.320 e. The Balaban J connectivity index is 1.40. The number of hydrogen-bond donors (Lipinski definition) is 2. The molecular formula is C18H22ClN5O. The van der Waals surface area contributed by atoms with Crippen LogP contribution >= 0.6 is 11.6 Å². The predicted octanol–water partition coefficient (Wildman–Crippen LogP) is 4.10. The van der Waals surface area contributed by atoms with Gasteiger partial charge in [0.2, 0.25) is 5.95 Å². The molecule has 1 fully saturated rings. The quantitative estimate of drug-likeness (QED) is 0.847. The zero-order valence-corrected chi connectivity index (χ0v) is 14.9. The van der Waals surface area contributed by atoms with Gasteiger partial charge in [0.15, 0.2) is 0 Å². The molecule has 7 heteroatoms. The Hall–Kier alpha value is -2.08. The number of nitrogens with one attached hydrogen (secondary N) is 2. The van der Waals surface area contributed by atoms with Crippen LogP contribution in [0.4, 0.5) is 10.7 Å². The van der Waals surface area contributed by atoms with Gasteiger partial charge in [0.05, 0.1) is 0 Å². The zero-order valence-electron chi connectivity index (χ0n) is 14.1. The molecule has 1 saturated carbocycles. The van der Waals surface area contributed by atoms with Gasteiger partial charge in [-0.25, -0.2) is 4.79 Å². The molecule has 2 aromatic rings. The van der Waals surface area contributed by atoms with Gasteiger partial charge in [-0.2, -0.15) is 4.98 Å². The Morgan fingerprint density at radius 3 is 2.96 bits per heavy atom. The van der Waals surface area contributed by atoms with Gasteiger partial charge in [-0.05, 0) is 36.5 Å². The number of H-pyrrole nitrogens is 1. The maximum Gasteiger partial charge on any atom is 0.324 e. The number of carbonyl (C=O) groups excluding carboxylic acids is 1. The summed E-state index contributed by atoms with van der Waals surface area (Å²) in [6.07, 6.45) is 6.84.